The van der Waals surface area contributed by atoms with Crippen molar-refractivity contribution in [2.24, 2.45) is 5.92 Å². The molecule has 1 aromatic heterocycles. The molecule has 0 radical (unpaired) electrons. The first-order chi connectivity index (χ1) is 20.9. The molecule has 8 nitrogen and oxygen atoms in total. The Morgan fingerprint density at radius 2 is 1.75 bits per heavy atom. The van der Waals surface area contributed by atoms with Crippen LogP contribution in [0.5, 0.6) is 5.75 Å². The summed E-state index contributed by atoms with van der Waals surface area (Å²) in [7, 11) is 0. The van der Waals surface area contributed by atoms with E-state index in [1.807, 2.05) is 49.2 Å². The summed E-state index contributed by atoms with van der Waals surface area (Å²) in [6, 6.07) is 20.9. The maximum absolute atomic E-state index is 13.9. The van der Waals surface area contributed by atoms with Crippen molar-refractivity contribution in [3.63, 3.8) is 0 Å². The molecule has 0 bridgehead atoms. The third-order valence-corrected chi connectivity index (χ3v) is 8.82. The van der Waals surface area contributed by atoms with Crippen molar-refractivity contribution >= 4 is 29.9 Å². The molecule has 2 amide bonds. The molecule has 9 heteroatoms. The lowest BCUT2D eigenvalue weighted by Gasteiger charge is -2.37. The number of hydrogen-bond donors (Lipinski definition) is 1. The summed E-state index contributed by atoms with van der Waals surface area (Å²) < 4.78 is 6.29. The van der Waals surface area contributed by atoms with Gasteiger partial charge < -0.3 is 24.8 Å². The van der Waals surface area contributed by atoms with Crippen molar-refractivity contribution in [2.45, 2.75) is 57.7 Å². The number of halogens is 1. The van der Waals surface area contributed by atoms with Gasteiger partial charge in [0.05, 0.1) is 5.92 Å². The Kier molecular flexibility index (Phi) is 10.1. The summed E-state index contributed by atoms with van der Waals surface area (Å²) in [4.78, 5) is 37.7. The zero-order chi connectivity index (χ0) is 29.8. The fourth-order valence-electron chi connectivity index (χ4n) is 6.28. The van der Waals surface area contributed by atoms with Crippen LogP contribution in [0.15, 0.2) is 73.1 Å². The first-order valence-electron chi connectivity index (χ1n) is 15.7. The van der Waals surface area contributed by atoms with Gasteiger partial charge >= 0.3 is 0 Å². The Morgan fingerprint density at radius 1 is 0.977 bits per heavy atom. The molecule has 1 aliphatic carbocycles. The van der Waals surface area contributed by atoms with E-state index in [4.69, 9.17) is 4.74 Å². The van der Waals surface area contributed by atoms with Gasteiger partial charge in [-0.2, -0.15) is 0 Å². The average Bonchev–Trinajstić information content (AvgIpc) is 3.90. The maximum atomic E-state index is 13.9. The summed E-state index contributed by atoms with van der Waals surface area (Å²) in [5.41, 5.74) is 3.45. The molecular formula is C35H44ClN5O3. The van der Waals surface area contributed by atoms with Gasteiger partial charge in [-0.3, -0.25) is 14.6 Å². The molecule has 0 spiro atoms. The van der Waals surface area contributed by atoms with Crippen molar-refractivity contribution in [3.8, 4) is 16.9 Å². The Balaban J connectivity index is 0.00000384. The molecule has 1 atom stereocenters. The van der Waals surface area contributed by atoms with E-state index in [9.17, 15) is 9.59 Å². The van der Waals surface area contributed by atoms with Gasteiger partial charge in [-0.05, 0) is 74.4 Å². The highest BCUT2D eigenvalue weighted by atomic mass is 35.5. The first kappa shape index (κ1) is 31.8. The SMILES string of the molecule is CC(C)(Oc1cccc(N2CCCC(C(=O)N(Cc3ccc(-c4cccnc4)cc3)C3CC3)C2)c1)C(=O)N1CCNCC1.Cl. The number of benzene rings is 2. The van der Waals surface area contributed by atoms with E-state index >= 15 is 0 Å². The van der Waals surface area contributed by atoms with E-state index in [2.05, 4.69) is 56.5 Å². The predicted molar refractivity (Wildman–Crippen MR) is 176 cm³/mol. The van der Waals surface area contributed by atoms with Gasteiger partial charge in [-0.1, -0.05) is 36.4 Å². The Hall–Kier alpha value is -3.62. The number of rotatable bonds is 9. The van der Waals surface area contributed by atoms with Crippen LogP contribution in [-0.2, 0) is 16.1 Å². The minimum atomic E-state index is -0.961. The van der Waals surface area contributed by atoms with Crippen LogP contribution in [0.2, 0.25) is 0 Å². The van der Waals surface area contributed by atoms with Crippen LogP contribution in [0.25, 0.3) is 11.1 Å². The van der Waals surface area contributed by atoms with Gasteiger partial charge in [-0.15, -0.1) is 12.4 Å². The van der Waals surface area contributed by atoms with E-state index in [0.717, 1.165) is 67.7 Å². The van der Waals surface area contributed by atoms with Crippen LogP contribution in [0.1, 0.15) is 45.1 Å². The van der Waals surface area contributed by atoms with Gasteiger partial charge in [0.25, 0.3) is 5.91 Å². The molecule has 3 aromatic rings. The lowest BCUT2D eigenvalue weighted by atomic mass is 9.95. The molecule has 3 heterocycles. The molecule has 2 aliphatic heterocycles. The number of pyridine rings is 1. The molecule has 44 heavy (non-hydrogen) atoms. The van der Waals surface area contributed by atoms with Crippen LogP contribution in [0, 0.1) is 5.92 Å². The number of ether oxygens (including phenoxy) is 1. The largest absolute Gasteiger partial charge is 0.478 e. The number of nitrogens with one attached hydrogen (secondary N) is 1. The van der Waals surface area contributed by atoms with Crippen LogP contribution < -0.4 is 15.0 Å². The fourth-order valence-corrected chi connectivity index (χ4v) is 6.28. The minimum absolute atomic E-state index is 0. The third-order valence-electron chi connectivity index (χ3n) is 8.82. The van der Waals surface area contributed by atoms with Crippen molar-refractivity contribution in [1.82, 2.24) is 20.1 Å². The van der Waals surface area contributed by atoms with Crippen LogP contribution in [0.4, 0.5) is 5.69 Å². The Labute approximate surface area is 267 Å². The molecule has 1 N–H and O–H groups in total. The van der Waals surface area contributed by atoms with Crippen molar-refractivity contribution in [1.29, 1.82) is 0 Å². The van der Waals surface area contributed by atoms with Gasteiger partial charge in [0.2, 0.25) is 5.91 Å². The lowest BCUT2D eigenvalue weighted by molar-refractivity contribution is -0.146. The number of piperidine rings is 1. The number of hydrogen-bond acceptors (Lipinski definition) is 6. The van der Waals surface area contributed by atoms with Gasteiger partial charge in [0.1, 0.15) is 5.75 Å². The number of amides is 2. The second-order valence-electron chi connectivity index (χ2n) is 12.6. The normalized spacial score (nSPS) is 18.7. The second-order valence-corrected chi connectivity index (χ2v) is 12.6. The molecule has 2 aromatic carbocycles. The average molecular weight is 618 g/mol. The molecule has 2 saturated heterocycles. The van der Waals surface area contributed by atoms with Gasteiger partial charge in [0.15, 0.2) is 5.60 Å². The number of piperazine rings is 1. The van der Waals surface area contributed by atoms with Gasteiger partial charge in [0, 0.05) is 76.0 Å². The summed E-state index contributed by atoms with van der Waals surface area (Å²) >= 11 is 0. The molecule has 1 saturated carbocycles. The highest BCUT2D eigenvalue weighted by Crippen LogP contribution is 2.34. The Bertz CT molecular complexity index is 1410. The van der Waals surface area contributed by atoms with Crippen molar-refractivity contribution in [2.75, 3.05) is 44.2 Å². The van der Waals surface area contributed by atoms with Crippen LogP contribution >= 0.6 is 12.4 Å². The zero-order valence-electron chi connectivity index (χ0n) is 25.8. The summed E-state index contributed by atoms with van der Waals surface area (Å²) in [6.45, 7) is 8.94. The second kappa shape index (κ2) is 14.0. The van der Waals surface area contributed by atoms with E-state index in [-0.39, 0.29) is 30.1 Å². The molecule has 3 fully saturated rings. The smallest absolute Gasteiger partial charge is 0.266 e. The molecule has 1 unspecified atom stereocenters. The van der Waals surface area contributed by atoms with E-state index < -0.39 is 5.60 Å². The van der Waals surface area contributed by atoms with E-state index in [1.54, 1.807) is 6.20 Å². The highest BCUT2D eigenvalue weighted by molar-refractivity contribution is 5.85. The van der Waals surface area contributed by atoms with Crippen LogP contribution in [-0.4, -0.2) is 77.5 Å². The maximum Gasteiger partial charge on any atom is 0.266 e. The minimum Gasteiger partial charge on any atom is -0.478 e. The summed E-state index contributed by atoms with van der Waals surface area (Å²) in [5.74, 6) is 0.904. The van der Waals surface area contributed by atoms with E-state index in [1.165, 1.54) is 0 Å². The van der Waals surface area contributed by atoms with E-state index in [0.29, 0.717) is 38.0 Å². The Morgan fingerprint density at radius 3 is 2.45 bits per heavy atom. The fraction of sp³-hybridized carbons (Fsp3) is 0.457. The van der Waals surface area contributed by atoms with Crippen molar-refractivity contribution in [3.05, 3.63) is 78.6 Å². The number of carbonyl (C=O) groups excluding carboxylic acids is 2. The van der Waals surface area contributed by atoms with Crippen LogP contribution in [0.3, 0.4) is 0 Å². The standard InChI is InChI=1S/C35H43N5O3.ClH/c1-35(2,34(42)38-20-17-36-18-21-38)43-32-9-3-8-31(22-32)39-19-5-7-29(25-39)33(41)40(30-14-15-30)24-26-10-12-27(13-11-26)28-6-4-16-37-23-28;/h3-4,6,8-13,16,22-23,29-30,36H,5,7,14-15,17-21,24-25H2,1-2H3;1H. The summed E-state index contributed by atoms with van der Waals surface area (Å²) in [5, 5.41) is 3.29. The predicted octanol–water partition coefficient (Wildman–Crippen LogP) is 5.17. The lowest BCUT2D eigenvalue weighted by Crippen LogP contribution is -2.54. The molecule has 234 valence electrons. The number of anilines is 1. The molecule has 6 rings (SSSR count). The summed E-state index contributed by atoms with van der Waals surface area (Å²) in [6.07, 6.45) is 7.69. The number of aromatic nitrogens is 1. The molecule has 3 aliphatic rings. The molecular weight excluding hydrogens is 574 g/mol. The zero-order valence-corrected chi connectivity index (χ0v) is 26.6. The van der Waals surface area contributed by atoms with Gasteiger partial charge in [-0.25, -0.2) is 0 Å². The number of nitrogens with zero attached hydrogens (tertiary/aromatic N) is 4. The topological polar surface area (TPSA) is 78.0 Å². The quantitative estimate of drug-likeness (QED) is 0.357. The third kappa shape index (κ3) is 7.53. The first-order valence-corrected chi connectivity index (χ1v) is 15.7. The number of carbonyl (C=O) groups is 2. The van der Waals surface area contributed by atoms with Crippen molar-refractivity contribution < 1.29 is 14.3 Å². The monoisotopic (exact) mass is 617 g/mol. The highest BCUT2D eigenvalue weighted by Gasteiger charge is 2.38.